The second-order valence-corrected chi connectivity index (χ2v) is 6.69. The van der Waals surface area contributed by atoms with E-state index in [1.165, 1.54) is 25.0 Å². The first-order valence-corrected chi connectivity index (χ1v) is 8.89. The fourth-order valence-corrected chi connectivity index (χ4v) is 3.23. The minimum Gasteiger partial charge on any atom is -0.366 e. The van der Waals surface area contributed by atoms with Crippen molar-refractivity contribution in [2.75, 3.05) is 10.6 Å². The highest BCUT2D eigenvalue weighted by Gasteiger charge is 2.30. The van der Waals surface area contributed by atoms with Crippen molar-refractivity contribution in [2.45, 2.75) is 32.2 Å². The van der Waals surface area contributed by atoms with Gasteiger partial charge in [0.05, 0.1) is 5.52 Å². The highest BCUT2D eigenvalue weighted by Crippen LogP contribution is 2.36. The molecule has 1 fully saturated rings. The largest absolute Gasteiger partial charge is 0.366 e. The molecule has 1 aromatic heterocycles. The molecule has 0 saturated heterocycles. The maximum absolute atomic E-state index is 13.4. The normalized spacial score (nSPS) is 15.0. The molecule has 2 N–H and O–H groups in total. The van der Waals surface area contributed by atoms with Crippen LogP contribution in [0.15, 0.2) is 42.5 Å². The Morgan fingerprint density at radius 3 is 2.50 bits per heavy atom. The Morgan fingerprint density at radius 2 is 1.81 bits per heavy atom. The molecule has 0 aliphatic heterocycles. The zero-order valence-electron chi connectivity index (χ0n) is 14.5. The molecule has 1 saturated carbocycles. The monoisotopic (exact) mass is 354 g/mol. The second kappa shape index (κ2) is 6.86. The lowest BCUT2D eigenvalue weighted by atomic mass is 10.1. The van der Waals surface area contributed by atoms with Crippen LogP contribution in [0.3, 0.4) is 0 Å². The minimum atomic E-state index is -0.647. The lowest BCUT2D eigenvalue weighted by Gasteiger charge is -2.19. The number of anilines is 3. The lowest BCUT2D eigenvalue weighted by Crippen LogP contribution is -2.22. The third kappa shape index (κ3) is 3.59. The molecule has 1 heterocycles. The lowest BCUT2D eigenvalue weighted by molar-refractivity contribution is 0.584. The number of rotatable bonds is 6. The molecule has 0 unspecified atom stereocenters. The average Bonchev–Trinajstić information content (AvgIpc) is 3.43. The Kier molecular flexibility index (Phi) is 4.41. The molecule has 4 nitrogen and oxygen atoms in total. The third-order valence-corrected chi connectivity index (χ3v) is 4.67. The van der Waals surface area contributed by atoms with Crippen LogP contribution < -0.4 is 10.6 Å². The van der Waals surface area contributed by atoms with Crippen molar-refractivity contribution in [3.63, 3.8) is 0 Å². The van der Waals surface area contributed by atoms with E-state index in [0.717, 1.165) is 29.2 Å². The third-order valence-electron chi connectivity index (χ3n) is 4.67. The number of benzene rings is 2. The quantitative estimate of drug-likeness (QED) is 0.635. The molecule has 6 heteroatoms. The summed E-state index contributed by atoms with van der Waals surface area (Å²) in [6.45, 7) is 2.16. The molecule has 26 heavy (non-hydrogen) atoms. The Balaban J connectivity index is 1.70. The first kappa shape index (κ1) is 16.7. The summed E-state index contributed by atoms with van der Waals surface area (Å²) in [5, 5.41) is 7.39. The van der Waals surface area contributed by atoms with E-state index in [1.807, 2.05) is 24.3 Å². The number of nitrogens with zero attached hydrogens (tertiary/aromatic N) is 2. The highest BCUT2D eigenvalue weighted by atomic mass is 19.1. The molecule has 0 bridgehead atoms. The summed E-state index contributed by atoms with van der Waals surface area (Å²) in [5.41, 5.74) is 1.05. The van der Waals surface area contributed by atoms with E-state index in [1.54, 1.807) is 0 Å². The molecule has 0 spiro atoms. The Bertz CT molecular complexity index is 920. The number of para-hydroxylation sites is 1. The van der Waals surface area contributed by atoms with E-state index in [2.05, 4.69) is 27.5 Å². The van der Waals surface area contributed by atoms with Crippen LogP contribution in [0.25, 0.3) is 10.9 Å². The summed E-state index contributed by atoms with van der Waals surface area (Å²) in [7, 11) is 0. The number of hydrogen-bond donors (Lipinski definition) is 2. The van der Waals surface area contributed by atoms with E-state index in [4.69, 9.17) is 0 Å². The summed E-state index contributed by atoms with van der Waals surface area (Å²) in [4.78, 5) is 9.05. The molecule has 1 aliphatic carbocycles. The number of halogens is 2. The van der Waals surface area contributed by atoms with Crippen molar-refractivity contribution in [3.05, 3.63) is 54.1 Å². The van der Waals surface area contributed by atoms with Gasteiger partial charge in [-0.05, 0) is 49.4 Å². The van der Waals surface area contributed by atoms with E-state index in [0.29, 0.717) is 17.9 Å². The van der Waals surface area contributed by atoms with Crippen molar-refractivity contribution in [1.82, 2.24) is 9.97 Å². The first-order chi connectivity index (χ1) is 12.6. The van der Waals surface area contributed by atoms with Gasteiger partial charge < -0.3 is 10.6 Å². The first-order valence-electron chi connectivity index (χ1n) is 8.89. The zero-order valence-corrected chi connectivity index (χ0v) is 14.5. The predicted octanol–water partition coefficient (Wildman–Crippen LogP) is 5.25. The van der Waals surface area contributed by atoms with Gasteiger partial charge in [0.2, 0.25) is 5.95 Å². The molecule has 1 atom stereocenters. The van der Waals surface area contributed by atoms with E-state index < -0.39 is 11.6 Å². The van der Waals surface area contributed by atoms with Gasteiger partial charge in [-0.1, -0.05) is 19.1 Å². The van der Waals surface area contributed by atoms with Crippen LogP contribution in [-0.2, 0) is 0 Å². The van der Waals surface area contributed by atoms with Crippen molar-refractivity contribution in [1.29, 1.82) is 0 Å². The Morgan fingerprint density at radius 1 is 1.08 bits per heavy atom. The van der Waals surface area contributed by atoms with Crippen molar-refractivity contribution in [3.8, 4) is 0 Å². The molecule has 134 valence electrons. The molecular formula is C20H20F2N4. The SMILES string of the molecule is CC[C@@H](Nc1nc(Nc2cc(F)cc(F)c2)nc2ccccc12)C1CC1. The van der Waals surface area contributed by atoms with Gasteiger partial charge in [-0.3, -0.25) is 0 Å². The van der Waals surface area contributed by atoms with Gasteiger partial charge in [0.25, 0.3) is 0 Å². The van der Waals surface area contributed by atoms with Crippen LogP contribution >= 0.6 is 0 Å². The van der Waals surface area contributed by atoms with E-state index >= 15 is 0 Å². The van der Waals surface area contributed by atoms with Crippen LogP contribution in [-0.4, -0.2) is 16.0 Å². The van der Waals surface area contributed by atoms with Gasteiger partial charge in [-0.2, -0.15) is 4.98 Å². The fourth-order valence-electron chi connectivity index (χ4n) is 3.23. The topological polar surface area (TPSA) is 49.8 Å². The van der Waals surface area contributed by atoms with Crippen molar-refractivity contribution >= 4 is 28.4 Å². The van der Waals surface area contributed by atoms with E-state index in [-0.39, 0.29) is 5.69 Å². The second-order valence-electron chi connectivity index (χ2n) is 6.69. The van der Waals surface area contributed by atoms with Crippen LogP contribution in [0.5, 0.6) is 0 Å². The van der Waals surface area contributed by atoms with Gasteiger partial charge in [0, 0.05) is 23.2 Å². The smallest absolute Gasteiger partial charge is 0.229 e. The van der Waals surface area contributed by atoms with E-state index in [9.17, 15) is 8.78 Å². The molecule has 0 radical (unpaired) electrons. The number of nitrogens with one attached hydrogen (secondary N) is 2. The number of hydrogen-bond acceptors (Lipinski definition) is 4. The Labute approximate surface area is 150 Å². The van der Waals surface area contributed by atoms with Gasteiger partial charge in [0.1, 0.15) is 17.5 Å². The standard InChI is InChI=1S/C20H20F2N4/c1-2-17(12-7-8-12)24-19-16-5-3-4-6-18(16)25-20(26-19)23-15-10-13(21)9-14(22)11-15/h3-6,9-12,17H,2,7-8H2,1H3,(H2,23,24,25,26)/t17-/m1/s1. The predicted molar refractivity (Wildman–Crippen MR) is 99.6 cm³/mol. The van der Waals surface area contributed by atoms with Gasteiger partial charge in [-0.25, -0.2) is 13.8 Å². The fraction of sp³-hybridized carbons (Fsp3) is 0.300. The summed E-state index contributed by atoms with van der Waals surface area (Å²) in [6, 6.07) is 11.4. The summed E-state index contributed by atoms with van der Waals surface area (Å²) in [6.07, 6.45) is 3.49. The maximum atomic E-state index is 13.4. The summed E-state index contributed by atoms with van der Waals surface area (Å²) >= 11 is 0. The van der Waals surface area contributed by atoms with Gasteiger partial charge in [0.15, 0.2) is 0 Å². The molecule has 2 aromatic carbocycles. The van der Waals surface area contributed by atoms with Crippen LogP contribution in [0.2, 0.25) is 0 Å². The van der Waals surface area contributed by atoms with Gasteiger partial charge in [-0.15, -0.1) is 0 Å². The molecule has 3 aromatic rings. The van der Waals surface area contributed by atoms with Crippen LogP contribution in [0.1, 0.15) is 26.2 Å². The maximum Gasteiger partial charge on any atom is 0.229 e. The van der Waals surface area contributed by atoms with Gasteiger partial charge >= 0.3 is 0 Å². The molecule has 0 amide bonds. The van der Waals surface area contributed by atoms with Crippen LogP contribution in [0, 0.1) is 17.6 Å². The molecule has 1 aliphatic rings. The van der Waals surface area contributed by atoms with Crippen molar-refractivity contribution < 1.29 is 8.78 Å². The highest BCUT2D eigenvalue weighted by molar-refractivity contribution is 5.90. The summed E-state index contributed by atoms with van der Waals surface area (Å²) < 4.78 is 26.9. The number of aromatic nitrogens is 2. The van der Waals surface area contributed by atoms with Crippen molar-refractivity contribution in [2.24, 2.45) is 5.92 Å². The summed E-state index contributed by atoms with van der Waals surface area (Å²) in [5.74, 6) is 0.441. The van der Waals surface area contributed by atoms with Crippen LogP contribution in [0.4, 0.5) is 26.2 Å². The molecular weight excluding hydrogens is 334 g/mol. The minimum absolute atomic E-state index is 0.276. The zero-order chi connectivity index (χ0) is 18.1. The average molecular weight is 354 g/mol. The molecule has 4 rings (SSSR count). The number of fused-ring (bicyclic) bond motifs is 1. The Hall–Kier alpha value is -2.76.